The molecule has 32 heavy (non-hydrogen) atoms. The molecular formula is C26H26N4O2. The third-order valence-electron chi connectivity index (χ3n) is 5.27. The number of nitrogens with zero attached hydrogens (tertiary/aromatic N) is 2. The SMILES string of the molecule is O=C(CNCCCn1ccnc1C1=CC=CCC1=O)Nc1ccc(-c2ccccc2)cc1. The van der Waals surface area contributed by atoms with Crippen molar-refractivity contribution in [3.8, 4) is 11.1 Å². The number of allylic oxidation sites excluding steroid dienone is 4. The van der Waals surface area contributed by atoms with Crippen molar-refractivity contribution in [1.82, 2.24) is 14.9 Å². The van der Waals surface area contributed by atoms with Crippen molar-refractivity contribution in [2.75, 3.05) is 18.4 Å². The van der Waals surface area contributed by atoms with E-state index in [-0.39, 0.29) is 18.2 Å². The summed E-state index contributed by atoms with van der Waals surface area (Å²) in [7, 11) is 0. The molecule has 0 aliphatic heterocycles. The van der Waals surface area contributed by atoms with Gasteiger partial charge in [-0.05, 0) is 42.3 Å². The van der Waals surface area contributed by atoms with Crippen molar-refractivity contribution in [2.45, 2.75) is 19.4 Å². The second-order valence-electron chi connectivity index (χ2n) is 7.60. The first-order chi connectivity index (χ1) is 15.7. The largest absolute Gasteiger partial charge is 0.331 e. The van der Waals surface area contributed by atoms with Gasteiger partial charge in [0.25, 0.3) is 0 Å². The third kappa shape index (κ3) is 5.47. The molecule has 0 bridgehead atoms. The number of nitrogens with one attached hydrogen (secondary N) is 2. The van der Waals surface area contributed by atoms with Crippen LogP contribution in [0.2, 0.25) is 0 Å². The van der Waals surface area contributed by atoms with E-state index in [1.807, 2.05) is 71.5 Å². The smallest absolute Gasteiger partial charge is 0.238 e. The summed E-state index contributed by atoms with van der Waals surface area (Å²) >= 11 is 0. The number of amides is 1. The van der Waals surface area contributed by atoms with Crippen LogP contribution < -0.4 is 10.6 Å². The Hall–Kier alpha value is -3.77. The fraction of sp³-hybridized carbons (Fsp3) is 0.192. The van der Waals surface area contributed by atoms with Crippen LogP contribution in [0.5, 0.6) is 0 Å². The predicted octanol–water partition coefficient (Wildman–Crippen LogP) is 4.08. The zero-order valence-corrected chi connectivity index (χ0v) is 17.8. The zero-order valence-electron chi connectivity index (χ0n) is 17.8. The minimum Gasteiger partial charge on any atom is -0.331 e. The number of imidazole rings is 1. The Morgan fingerprint density at radius 2 is 1.81 bits per heavy atom. The van der Waals surface area contributed by atoms with E-state index in [9.17, 15) is 9.59 Å². The molecule has 1 aromatic heterocycles. The van der Waals surface area contributed by atoms with Crippen LogP contribution in [0.4, 0.5) is 5.69 Å². The van der Waals surface area contributed by atoms with E-state index >= 15 is 0 Å². The highest BCUT2D eigenvalue weighted by Gasteiger charge is 2.17. The highest BCUT2D eigenvalue weighted by molar-refractivity contribution is 6.21. The summed E-state index contributed by atoms with van der Waals surface area (Å²) in [6.07, 6.45) is 10.4. The maximum absolute atomic E-state index is 12.2. The van der Waals surface area contributed by atoms with Gasteiger partial charge in [-0.15, -0.1) is 0 Å². The second kappa shape index (κ2) is 10.5. The van der Waals surface area contributed by atoms with E-state index in [0.29, 0.717) is 24.4 Å². The van der Waals surface area contributed by atoms with Crippen LogP contribution >= 0.6 is 0 Å². The summed E-state index contributed by atoms with van der Waals surface area (Å²) in [4.78, 5) is 28.7. The van der Waals surface area contributed by atoms with Gasteiger partial charge in [-0.3, -0.25) is 9.59 Å². The lowest BCUT2D eigenvalue weighted by molar-refractivity contribution is -0.115. The van der Waals surface area contributed by atoms with Crippen LogP contribution in [0.15, 0.2) is 85.2 Å². The van der Waals surface area contributed by atoms with Crippen LogP contribution in [-0.4, -0.2) is 34.3 Å². The summed E-state index contributed by atoms with van der Waals surface area (Å²) in [6.45, 7) is 1.65. The molecule has 1 aliphatic rings. The molecule has 0 saturated carbocycles. The number of carbonyl (C=O) groups excluding carboxylic acids is 2. The van der Waals surface area contributed by atoms with Crippen LogP contribution in [0.3, 0.4) is 0 Å². The molecule has 2 N–H and O–H groups in total. The summed E-state index contributed by atoms with van der Waals surface area (Å²) < 4.78 is 1.99. The van der Waals surface area contributed by atoms with Crippen LogP contribution in [0.1, 0.15) is 18.7 Å². The van der Waals surface area contributed by atoms with Gasteiger partial charge in [0.15, 0.2) is 5.78 Å². The molecule has 0 atom stereocenters. The molecule has 0 saturated heterocycles. The van der Waals surface area contributed by atoms with E-state index in [0.717, 1.165) is 29.8 Å². The molecule has 4 rings (SSSR count). The van der Waals surface area contributed by atoms with Crippen LogP contribution in [0, 0.1) is 0 Å². The molecule has 1 amide bonds. The number of carbonyl (C=O) groups is 2. The Kier molecular flexibility index (Phi) is 7.05. The van der Waals surface area contributed by atoms with Crippen LogP contribution in [-0.2, 0) is 16.1 Å². The van der Waals surface area contributed by atoms with Crippen LogP contribution in [0.25, 0.3) is 16.7 Å². The predicted molar refractivity (Wildman–Crippen MR) is 127 cm³/mol. The van der Waals surface area contributed by atoms with Gasteiger partial charge in [0, 0.05) is 31.0 Å². The van der Waals surface area contributed by atoms with Gasteiger partial charge in [-0.2, -0.15) is 0 Å². The van der Waals surface area contributed by atoms with E-state index in [2.05, 4.69) is 27.8 Å². The lowest BCUT2D eigenvalue weighted by Crippen LogP contribution is -2.29. The number of benzene rings is 2. The fourth-order valence-electron chi connectivity index (χ4n) is 3.63. The zero-order chi connectivity index (χ0) is 22.2. The fourth-order valence-corrected chi connectivity index (χ4v) is 3.63. The van der Waals surface area contributed by atoms with E-state index in [1.165, 1.54) is 0 Å². The van der Waals surface area contributed by atoms with Gasteiger partial charge >= 0.3 is 0 Å². The maximum atomic E-state index is 12.2. The topological polar surface area (TPSA) is 76.0 Å². The number of aryl methyl sites for hydroxylation is 1. The van der Waals surface area contributed by atoms with Gasteiger partial charge in [-0.25, -0.2) is 4.98 Å². The molecule has 2 aromatic carbocycles. The molecule has 1 aliphatic carbocycles. The normalized spacial score (nSPS) is 13.1. The first kappa shape index (κ1) is 21.5. The lowest BCUT2D eigenvalue weighted by atomic mass is 10.0. The van der Waals surface area contributed by atoms with Gasteiger partial charge in [0.05, 0.1) is 12.1 Å². The molecule has 1 heterocycles. The quantitative estimate of drug-likeness (QED) is 0.506. The second-order valence-corrected chi connectivity index (χ2v) is 7.60. The number of anilines is 1. The Bertz CT molecular complexity index is 1130. The molecule has 0 fully saturated rings. The number of hydrogen-bond acceptors (Lipinski definition) is 4. The Morgan fingerprint density at radius 1 is 1.03 bits per heavy atom. The monoisotopic (exact) mass is 426 g/mol. The minimum atomic E-state index is -0.0782. The van der Waals surface area contributed by atoms with Crippen molar-refractivity contribution < 1.29 is 9.59 Å². The van der Waals surface area contributed by atoms with E-state index in [1.54, 1.807) is 6.20 Å². The standard InChI is InChI=1S/C26H26N4O2/c31-24-10-5-4-9-23(24)26-28-16-18-30(26)17-6-15-27-19-25(32)29-22-13-11-21(12-14-22)20-7-2-1-3-8-20/h1-5,7-9,11-14,16,18,27H,6,10,15,17,19H2,(H,29,32). The first-order valence-electron chi connectivity index (χ1n) is 10.8. The molecule has 3 aromatic rings. The van der Waals surface area contributed by atoms with Crippen molar-refractivity contribution >= 4 is 23.0 Å². The average Bonchev–Trinajstić information content (AvgIpc) is 3.28. The average molecular weight is 427 g/mol. The van der Waals surface area contributed by atoms with Gasteiger partial charge in [-0.1, -0.05) is 54.6 Å². The first-order valence-corrected chi connectivity index (χ1v) is 10.8. The van der Waals surface area contributed by atoms with Crippen molar-refractivity contribution in [1.29, 1.82) is 0 Å². The molecule has 162 valence electrons. The molecule has 0 radical (unpaired) electrons. The Labute approximate surface area is 187 Å². The van der Waals surface area contributed by atoms with Crippen molar-refractivity contribution in [3.63, 3.8) is 0 Å². The minimum absolute atomic E-state index is 0.0782. The Balaban J connectivity index is 1.19. The van der Waals surface area contributed by atoms with E-state index < -0.39 is 0 Å². The Morgan fingerprint density at radius 3 is 2.59 bits per heavy atom. The highest BCUT2D eigenvalue weighted by atomic mass is 16.2. The third-order valence-corrected chi connectivity index (χ3v) is 5.27. The summed E-state index contributed by atoms with van der Waals surface area (Å²) in [5.74, 6) is 0.716. The van der Waals surface area contributed by atoms with Crippen molar-refractivity contribution in [2.24, 2.45) is 0 Å². The van der Waals surface area contributed by atoms with Gasteiger partial charge in [0.1, 0.15) is 5.82 Å². The molecule has 0 spiro atoms. The summed E-state index contributed by atoms with van der Waals surface area (Å²) in [5, 5.41) is 6.09. The number of rotatable bonds is 9. The summed E-state index contributed by atoms with van der Waals surface area (Å²) in [6, 6.07) is 18.0. The highest BCUT2D eigenvalue weighted by Crippen LogP contribution is 2.21. The number of hydrogen-bond donors (Lipinski definition) is 2. The molecular weight excluding hydrogens is 400 g/mol. The summed E-state index contributed by atoms with van der Waals surface area (Å²) in [5.41, 5.74) is 3.69. The van der Waals surface area contributed by atoms with Gasteiger partial charge < -0.3 is 15.2 Å². The lowest BCUT2D eigenvalue weighted by Gasteiger charge is -2.12. The number of aromatic nitrogens is 2. The molecule has 0 unspecified atom stereocenters. The number of Topliss-reactive ketones (excluding diaryl/α,β-unsaturated/α-hetero) is 1. The van der Waals surface area contributed by atoms with Gasteiger partial charge in [0.2, 0.25) is 5.91 Å². The number of ketones is 1. The molecule has 6 heteroatoms. The molecule has 6 nitrogen and oxygen atoms in total. The van der Waals surface area contributed by atoms with E-state index in [4.69, 9.17) is 0 Å². The van der Waals surface area contributed by atoms with Crippen molar-refractivity contribution in [3.05, 3.63) is 91.0 Å². The maximum Gasteiger partial charge on any atom is 0.238 e.